The third kappa shape index (κ3) is 4.68. The number of guanidine groups is 1. The van der Waals surface area contributed by atoms with E-state index in [0.29, 0.717) is 17.4 Å². The van der Waals surface area contributed by atoms with Gasteiger partial charge in [0, 0.05) is 12.6 Å². The minimum Gasteiger partial charge on any atom is -0.370 e. The van der Waals surface area contributed by atoms with Gasteiger partial charge < -0.3 is 16.0 Å². The van der Waals surface area contributed by atoms with Gasteiger partial charge in [0.2, 0.25) is 0 Å². The van der Waals surface area contributed by atoms with E-state index in [1.165, 1.54) is 58.0 Å². The summed E-state index contributed by atoms with van der Waals surface area (Å²) in [7, 11) is 2.20. The molecule has 0 spiro atoms. The summed E-state index contributed by atoms with van der Waals surface area (Å²) in [5.74, 6) is 0.659. The van der Waals surface area contributed by atoms with E-state index in [-0.39, 0.29) is 0 Å². The van der Waals surface area contributed by atoms with Crippen molar-refractivity contribution in [2.75, 3.05) is 26.7 Å². The number of rotatable bonds is 3. The van der Waals surface area contributed by atoms with E-state index in [1.807, 2.05) is 0 Å². The molecule has 0 radical (unpaired) electrons. The van der Waals surface area contributed by atoms with Gasteiger partial charge in [-0.15, -0.1) is 0 Å². The number of aliphatic imine (C=N–C) groups is 1. The first-order chi connectivity index (χ1) is 9.07. The van der Waals surface area contributed by atoms with Crippen LogP contribution in [0.2, 0.25) is 0 Å². The Bertz CT molecular complexity index is 299. The summed E-state index contributed by atoms with van der Waals surface area (Å²) in [6.07, 6.45) is 8.98. The standard InChI is InChI=1S/C15H30N4/c1-15(8-10-19(2)11-9-15)12-17-14(16)18-13-6-4-3-5-7-13/h13H,3-12H2,1-2H3,(H3,16,17,18). The molecule has 0 aromatic rings. The van der Waals surface area contributed by atoms with E-state index in [1.54, 1.807) is 0 Å². The Hall–Kier alpha value is -0.770. The van der Waals surface area contributed by atoms with Crippen molar-refractivity contribution in [3.8, 4) is 0 Å². The highest BCUT2D eigenvalue weighted by atomic mass is 15.1. The molecule has 0 atom stereocenters. The quantitative estimate of drug-likeness (QED) is 0.606. The molecule has 1 heterocycles. The maximum Gasteiger partial charge on any atom is 0.188 e. The molecule has 0 unspecified atom stereocenters. The molecule has 4 nitrogen and oxygen atoms in total. The molecular weight excluding hydrogens is 236 g/mol. The number of nitrogens with one attached hydrogen (secondary N) is 1. The first-order valence-corrected chi connectivity index (χ1v) is 7.82. The Morgan fingerprint density at radius 3 is 2.53 bits per heavy atom. The van der Waals surface area contributed by atoms with Crippen LogP contribution in [0, 0.1) is 5.41 Å². The molecule has 0 aromatic carbocycles. The van der Waals surface area contributed by atoms with E-state index in [0.717, 1.165) is 6.54 Å². The second-order valence-electron chi connectivity index (χ2n) is 6.79. The van der Waals surface area contributed by atoms with Crippen LogP contribution in [0.25, 0.3) is 0 Å². The fraction of sp³-hybridized carbons (Fsp3) is 0.933. The maximum absolute atomic E-state index is 6.04. The first kappa shape index (κ1) is 14.6. The van der Waals surface area contributed by atoms with Gasteiger partial charge in [0.05, 0.1) is 0 Å². The molecule has 4 heteroatoms. The summed E-state index contributed by atoms with van der Waals surface area (Å²) < 4.78 is 0. The monoisotopic (exact) mass is 266 g/mol. The van der Waals surface area contributed by atoms with Crippen LogP contribution in [0.5, 0.6) is 0 Å². The molecule has 0 amide bonds. The van der Waals surface area contributed by atoms with Gasteiger partial charge in [-0.1, -0.05) is 26.2 Å². The third-order valence-corrected chi connectivity index (χ3v) is 4.78. The van der Waals surface area contributed by atoms with Crippen LogP contribution in [0.4, 0.5) is 0 Å². The summed E-state index contributed by atoms with van der Waals surface area (Å²) in [6.45, 7) is 5.58. The highest BCUT2D eigenvalue weighted by Gasteiger charge is 2.28. The summed E-state index contributed by atoms with van der Waals surface area (Å²) in [5, 5.41) is 3.40. The van der Waals surface area contributed by atoms with Crippen molar-refractivity contribution in [2.45, 2.75) is 57.9 Å². The fourth-order valence-electron chi connectivity index (χ4n) is 3.09. The normalized spacial score (nSPS) is 26.3. The highest BCUT2D eigenvalue weighted by Crippen LogP contribution is 2.30. The minimum absolute atomic E-state index is 0.339. The van der Waals surface area contributed by atoms with E-state index < -0.39 is 0 Å². The van der Waals surface area contributed by atoms with Crippen molar-refractivity contribution in [3.05, 3.63) is 0 Å². The Morgan fingerprint density at radius 2 is 1.89 bits per heavy atom. The zero-order valence-corrected chi connectivity index (χ0v) is 12.6. The van der Waals surface area contributed by atoms with Gasteiger partial charge in [0.15, 0.2) is 5.96 Å². The zero-order chi connectivity index (χ0) is 13.7. The molecule has 2 fully saturated rings. The lowest BCUT2D eigenvalue weighted by atomic mass is 9.80. The van der Waals surface area contributed by atoms with Gasteiger partial charge >= 0.3 is 0 Å². The number of hydrogen-bond acceptors (Lipinski definition) is 2. The van der Waals surface area contributed by atoms with Gasteiger partial charge in [-0.3, -0.25) is 4.99 Å². The molecule has 1 saturated carbocycles. The zero-order valence-electron chi connectivity index (χ0n) is 12.6. The van der Waals surface area contributed by atoms with Gasteiger partial charge in [-0.25, -0.2) is 0 Å². The molecule has 3 N–H and O–H groups in total. The van der Waals surface area contributed by atoms with Crippen molar-refractivity contribution < 1.29 is 0 Å². The fourth-order valence-corrected chi connectivity index (χ4v) is 3.09. The second-order valence-corrected chi connectivity index (χ2v) is 6.79. The summed E-state index contributed by atoms with van der Waals surface area (Å²) in [5.41, 5.74) is 6.38. The van der Waals surface area contributed by atoms with Crippen molar-refractivity contribution in [2.24, 2.45) is 16.1 Å². The average Bonchev–Trinajstić information content (AvgIpc) is 2.42. The number of nitrogens with zero attached hydrogens (tertiary/aromatic N) is 2. The van der Waals surface area contributed by atoms with E-state index in [2.05, 4.69) is 29.2 Å². The SMILES string of the molecule is CN1CCC(C)(CN=C(N)NC2CCCCC2)CC1. The minimum atomic E-state index is 0.339. The Kier molecular flexibility index (Phi) is 5.08. The number of piperidine rings is 1. The molecule has 1 aliphatic heterocycles. The van der Waals surface area contributed by atoms with Gasteiger partial charge in [-0.05, 0) is 51.2 Å². The topological polar surface area (TPSA) is 53.6 Å². The molecule has 1 saturated heterocycles. The van der Waals surface area contributed by atoms with Crippen LogP contribution in [-0.4, -0.2) is 43.6 Å². The second kappa shape index (κ2) is 6.60. The molecule has 110 valence electrons. The average molecular weight is 266 g/mol. The van der Waals surface area contributed by atoms with Crippen LogP contribution in [0.3, 0.4) is 0 Å². The molecule has 19 heavy (non-hydrogen) atoms. The maximum atomic E-state index is 6.04. The third-order valence-electron chi connectivity index (χ3n) is 4.78. The largest absolute Gasteiger partial charge is 0.370 e. The van der Waals surface area contributed by atoms with Crippen molar-refractivity contribution >= 4 is 5.96 Å². The molecule has 0 bridgehead atoms. The van der Waals surface area contributed by atoms with E-state index >= 15 is 0 Å². The molecule has 0 aromatic heterocycles. The number of likely N-dealkylation sites (tertiary alicyclic amines) is 1. The van der Waals surface area contributed by atoms with Gasteiger partial charge in [0.25, 0.3) is 0 Å². The first-order valence-electron chi connectivity index (χ1n) is 7.82. The lowest BCUT2D eigenvalue weighted by molar-refractivity contribution is 0.147. The summed E-state index contributed by atoms with van der Waals surface area (Å²) in [6, 6.07) is 0.558. The predicted molar refractivity (Wildman–Crippen MR) is 81.3 cm³/mol. The van der Waals surface area contributed by atoms with Crippen molar-refractivity contribution in [1.82, 2.24) is 10.2 Å². The van der Waals surface area contributed by atoms with Crippen LogP contribution >= 0.6 is 0 Å². The predicted octanol–water partition coefficient (Wildman–Crippen LogP) is 1.96. The highest BCUT2D eigenvalue weighted by molar-refractivity contribution is 5.78. The smallest absolute Gasteiger partial charge is 0.188 e. The number of hydrogen-bond donors (Lipinski definition) is 2. The Labute approximate surface area is 117 Å². The molecule has 2 aliphatic rings. The van der Waals surface area contributed by atoms with Crippen molar-refractivity contribution in [1.29, 1.82) is 0 Å². The summed E-state index contributed by atoms with van der Waals surface area (Å²) in [4.78, 5) is 7.00. The molecule has 1 aliphatic carbocycles. The number of nitrogens with two attached hydrogens (primary N) is 1. The molecule has 2 rings (SSSR count). The van der Waals surface area contributed by atoms with Crippen LogP contribution in [-0.2, 0) is 0 Å². The van der Waals surface area contributed by atoms with Crippen LogP contribution in [0.1, 0.15) is 51.9 Å². The van der Waals surface area contributed by atoms with Crippen LogP contribution < -0.4 is 11.1 Å². The van der Waals surface area contributed by atoms with Crippen LogP contribution in [0.15, 0.2) is 4.99 Å². The lowest BCUT2D eigenvalue weighted by Gasteiger charge is -2.36. The Balaban J connectivity index is 1.77. The lowest BCUT2D eigenvalue weighted by Crippen LogP contribution is -2.42. The van der Waals surface area contributed by atoms with E-state index in [4.69, 9.17) is 5.73 Å². The van der Waals surface area contributed by atoms with Gasteiger partial charge in [-0.2, -0.15) is 0 Å². The van der Waals surface area contributed by atoms with Gasteiger partial charge in [0.1, 0.15) is 0 Å². The van der Waals surface area contributed by atoms with E-state index in [9.17, 15) is 0 Å². The van der Waals surface area contributed by atoms with Crippen molar-refractivity contribution in [3.63, 3.8) is 0 Å². The summed E-state index contributed by atoms with van der Waals surface area (Å²) >= 11 is 0. The molecular formula is C15H30N4. The Morgan fingerprint density at radius 1 is 1.26 bits per heavy atom.